The lowest BCUT2D eigenvalue weighted by Crippen LogP contribution is -2.70. The molecule has 0 saturated carbocycles. The zero-order chi connectivity index (χ0) is 17.3. The van der Waals surface area contributed by atoms with Crippen molar-refractivity contribution in [1.29, 1.82) is 0 Å². The number of halogens is 2. The number of ether oxygens (including phenoxy) is 1. The number of carbonyl (C=O) groups excluding carboxylic acids is 1. The van der Waals surface area contributed by atoms with Gasteiger partial charge in [0.25, 0.3) is 0 Å². The number of hydrogen-bond donors (Lipinski definition) is 5. The first-order chi connectivity index (χ1) is 9.97. The van der Waals surface area contributed by atoms with Gasteiger partial charge in [-0.2, -0.15) is 4.39 Å². The van der Waals surface area contributed by atoms with E-state index < -0.39 is 60.8 Å². The van der Waals surface area contributed by atoms with Crippen LogP contribution < -0.4 is 5.32 Å². The first-order valence-electron chi connectivity index (χ1n) is 6.48. The summed E-state index contributed by atoms with van der Waals surface area (Å²) in [4.78, 5) is 22.1. The molecule has 1 fully saturated rings. The van der Waals surface area contributed by atoms with Gasteiger partial charge in [0.2, 0.25) is 5.91 Å². The normalized spacial score (nSPS) is 38.1. The van der Waals surface area contributed by atoms with Crippen molar-refractivity contribution in [2.75, 3.05) is 6.61 Å². The Balaban J connectivity index is 3.21. The molecule has 10 heteroatoms. The van der Waals surface area contributed by atoms with Crippen LogP contribution in [-0.4, -0.2) is 74.8 Å². The van der Waals surface area contributed by atoms with E-state index >= 15 is 0 Å². The molecule has 0 spiro atoms. The number of carboxylic acids is 1. The van der Waals surface area contributed by atoms with E-state index in [9.17, 15) is 28.6 Å². The third kappa shape index (κ3) is 3.35. The Morgan fingerprint density at radius 2 is 2.00 bits per heavy atom. The fourth-order valence-electron chi connectivity index (χ4n) is 2.47. The average molecular weight is 327 g/mol. The van der Waals surface area contributed by atoms with E-state index in [2.05, 4.69) is 10.1 Å². The first kappa shape index (κ1) is 18.7. The number of nitrogens with one attached hydrogen (secondary N) is 1. The number of hydrogen-bond acceptors (Lipinski definition) is 6. The molecular weight excluding hydrogens is 308 g/mol. The molecule has 128 valence electrons. The van der Waals surface area contributed by atoms with Crippen molar-refractivity contribution in [3.8, 4) is 0 Å². The first-order valence-corrected chi connectivity index (χ1v) is 6.48. The average Bonchev–Trinajstić information content (AvgIpc) is 2.40. The molecule has 1 saturated heterocycles. The van der Waals surface area contributed by atoms with Gasteiger partial charge in [0.1, 0.15) is 18.3 Å². The number of aliphatic hydroxyl groups is 3. The van der Waals surface area contributed by atoms with Crippen LogP contribution in [0.3, 0.4) is 0 Å². The fraction of sp³-hybridized carbons (Fsp3) is 0.833. The second-order valence-electron chi connectivity index (χ2n) is 5.50. The molecule has 0 radical (unpaired) electrons. The minimum absolute atomic E-state index is 0.657. The predicted octanol–water partition coefficient (Wildman–Crippen LogP) is -1.53. The van der Waals surface area contributed by atoms with Crippen LogP contribution in [0.4, 0.5) is 8.78 Å². The van der Waals surface area contributed by atoms with E-state index in [-0.39, 0.29) is 0 Å². The van der Waals surface area contributed by atoms with Gasteiger partial charge in [-0.3, -0.25) is 4.79 Å². The van der Waals surface area contributed by atoms with Gasteiger partial charge in [-0.15, -0.1) is 0 Å². The summed E-state index contributed by atoms with van der Waals surface area (Å²) in [5.74, 6) is -6.63. The van der Waals surface area contributed by atoms with Gasteiger partial charge in [0.05, 0.1) is 12.1 Å². The molecule has 2 unspecified atom stereocenters. The third-order valence-corrected chi connectivity index (χ3v) is 3.58. The summed E-state index contributed by atoms with van der Waals surface area (Å²) >= 11 is 0. The lowest BCUT2D eigenvalue weighted by molar-refractivity contribution is -0.285. The summed E-state index contributed by atoms with van der Waals surface area (Å²) in [7, 11) is 0. The molecular formula is C12H19F2NO7. The zero-order valence-corrected chi connectivity index (χ0v) is 12.0. The SMILES string of the molecule is CC(=O)NC1(C)C[C@H](F)[C@](F)(C(=O)O)OC1[C@H](O)[C@H](O)CO. The summed E-state index contributed by atoms with van der Waals surface area (Å²) in [5.41, 5.74) is -1.69. The van der Waals surface area contributed by atoms with Crippen LogP contribution in [0.5, 0.6) is 0 Å². The van der Waals surface area contributed by atoms with Gasteiger partial charge in [-0.1, -0.05) is 0 Å². The van der Waals surface area contributed by atoms with Crippen LogP contribution in [0.25, 0.3) is 0 Å². The number of carbonyl (C=O) groups is 2. The molecule has 1 aliphatic rings. The Kier molecular flexibility index (Phi) is 5.44. The van der Waals surface area contributed by atoms with Crippen LogP contribution in [-0.2, 0) is 14.3 Å². The van der Waals surface area contributed by atoms with E-state index in [1.54, 1.807) is 0 Å². The van der Waals surface area contributed by atoms with Crippen molar-refractivity contribution in [1.82, 2.24) is 5.32 Å². The standard InChI is InChI=1S/C12H19F2NO7/c1-5(17)15-11(2)3-7(13)12(14,10(20)21)22-9(11)8(19)6(18)4-16/h6-9,16,18-19H,3-4H2,1-2H3,(H,15,17)(H,20,21)/t6-,7+,8-,9?,11?,12-/m1/s1. The molecule has 1 aliphatic heterocycles. The Bertz CT molecular complexity index is 451. The van der Waals surface area contributed by atoms with Crippen LogP contribution in [0.1, 0.15) is 20.3 Å². The summed E-state index contributed by atoms with van der Waals surface area (Å²) < 4.78 is 32.7. The van der Waals surface area contributed by atoms with Crippen molar-refractivity contribution in [2.45, 2.75) is 56.1 Å². The van der Waals surface area contributed by atoms with Crippen molar-refractivity contribution >= 4 is 11.9 Å². The number of amides is 1. The molecule has 1 heterocycles. The highest BCUT2D eigenvalue weighted by Crippen LogP contribution is 2.40. The van der Waals surface area contributed by atoms with E-state index in [1.165, 1.54) is 6.92 Å². The number of rotatable bonds is 5. The maximum atomic E-state index is 14.2. The molecule has 1 amide bonds. The van der Waals surface area contributed by atoms with Gasteiger partial charge in [0, 0.05) is 13.3 Å². The zero-order valence-electron chi connectivity index (χ0n) is 12.0. The molecule has 0 bridgehead atoms. The lowest BCUT2D eigenvalue weighted by Gasteiger charge is -2.48. The molecule has 8 nitrogen and oxygen atoms in total. The molecule has 22 heavy (non-hydrogen) atoms. The third-order valence-electron chi connectivity index (χ3n) is 3.58. The van der Waals surface area contributed by atoms with Gasteiger partial charge in [0.15, 0.2) is 6.17 Å². The van der Waals surface area contributed by atoms with Crippen molar-refractivity contribution in [2.24, 2.45) is 0 Å². The molecule has 0 aliphatic carbocycles. The van der Waals surface area contributed by atoms with Gasteiger partial charge >= 0.3 is 11.8 Å². The fourth-order valence-corrected chi connectivity index (χ4v) is 2.47. The molecule has 5 N–H and O–H groups in total. The lowest BCUT2D eigenvalue weighted by atomic mass is 9.79. The monoisotopic (exact) mass is 327 g/mol. The molecule has 6 atom stereocenters. The van der Waals surface area contributed by atoms with Crippen molar-refractivity contribution in [3.05, 3.63) is 0 Å². The van der Waals surface area contributed by atoms with E-state index in [1.807, 2.05) is 0 Å². The molecule has 1 rings (SSSR count). The maximum absolute atomic E-state index is 14.2. The highest BCUT2D eigenvalue weighted by atomic mass is 19.2. The minimum atomic E-state index is -3.74. The van der Waals surface area contributed by atoms with Crippen LogP contribution in [0.15, 0.2) is 0 Å². The highest BCUT2D eigenvalue weighted by molar-refractivity contribution is 5.77. The number of alkyl halides is 2. The minimum Gasteiger partial charge on any atom is -0.477 e. The van der Waals surface area contributed by atoms with E-state index in [0.717, 1.165) is 6.92 Å². The summed E-state index contributed by atoms with van der Waals surface area (Å²) in [5, 5.41) is 39.3. The molecule has 0 aromatic carbocycles. The van der Waals surface area contributed by atoms with Gasteiger partial charge < -0.3 is 30.5 Å². The van der Waals surface area contributed by atoms with E-state index in [0.29, 0.717) is 0 Å². The Labute approximate surface area is 124 Å². The second-order valence-corrected chi connectivity index (χ2v) is 5.50. The van der Waals surface area contributed by atoms with Gasteiger partial charge in [-0.25, -0.2) is 9.18 Å². The smallest absolute Gasteiger partial charge is 0.372 e. The number of aliphatic hydroxyl groups excluding tert-OH is 3. The summed E-state index contributed by atoms with van der Waals surface area (Å²) in [6, 6.07) is 0. The maximum Gasteiger partial charge on any atom is 0.372 e. The number of aliphatic carboxylic acids is 1. The second kappa shape index (κ2) is 6.41. The largest absolute Gasteiger partial charge is 0.477 e. The molecule has 0 aromatic heterocycles. The van der Waals surface area contributed by atoms with Gasteiger partial charge in [-0.05, 0) is 6.92 Å². The van der Waals surface area contributed by atoms with E-state index in [4.69, 9.17) is 10.2 Å². The topological polar surface area (TPSA) is 136 Å². The predicted molar refractivity (Wildman–Crippen MR) is 67.2 cm³/mol. The highest BCUT2D eigenvalue weighted by Gasteiger charge is 2.62. The van der Waals surface area contributed by atoms with Crippen molar-refractivity contribution in [3.63, 3.8) is 0 Å². The Morgan fingerprint density at radius 3 is 2.41 bits per heavy atom. The van der Waals surface area contributed by atoms with Crippen LogP contribution in [0, 0.1) is 0 Å². The quantitative estimate of drug-likeness (QED) is 0.413. The van der Waals surface area contributed by atoms with Crippen LogP contribution >= 0.6 is 0 Å². The number of carboxylic acid groups (broad SMARTS) is 1. The Hall–Kier alpha value is -1.36. The van der Waals surface area contributed by atoms with Crippen molar-refractivity contribution < 1.29 is 43.5 Å². The summed E-state index contributed by atoms with van der Waals surface area (Å²) in [6.07, 6.45) is -8.98. The Morgan fingerprint density at radius 1 is 1.45 bits per heavy atom. The molecule has 0 aromatic rings. The van der Waals surface area contributed by atoms with Crippen LogP contribution in [0.2, 0.25) is 0 Å². The summed E-state index contributed by atoms with van der Waals surface area (Å²) in [6.45, 7) is 1.36.